The number of carboxylic acids is 1. The Hall–Kier alpha value is -0.613. The lowest BCUT2D eigenvalue weighted by Crippen LogP contribution is -2.41. The average molecular weight is 327 g/mol. The summed E-state index contributed by atoms with van der Waals surface area (Å²) in [4.78, 5) is 11.1. The molecule has 3 nitrogen and oxygen atoms in total. The molecule has 1 rings (SSSR count). The Bertz CT molecular complexity index is 355. The SMILES string of the molecule is CC/C=C\C[C@H]1[C@@H](CC(=O)O)CC[C@H]1O[Si](CC)(CC)CC. The second-order valence-corrected chi connectivity index (χ2v) is 11.3. The van der Waals surface area contributed by atoms with E-state index in [0.29, 0.717) is 12.3 Å². The van der Waals surface area contributed by atoms with Gasteiger partial charge in [0.1, 0.15) is 0 Å². The highest BCUT2D eigenvalue weighted by Gasteiger charge is 2.41. The molecule has 0 heterocycles. The van der Waals surface area contributed by atoms with Gasteiger partial charge in [-0.15, -0.1) is 0 Å². The predicted octanol–water partition coefficient (Wildman–Crippen LogP) is 5.23. The molecular formula is C18H34O3Si. The summed E-state index contributed by atoms with van der Waals surface area (Å²) in [7, 11) is -1.61. The molecule has 0 unspecified atom stereocenters. The molecule has 0 aromatic rings. The highest BCUT2D eigenvalue weighted by molar-refractivity contribution is 6.73. The van der Waals surface area contributed by atoms with Crippen LogP contribution in [0.5, 0.6) is 0 Å². The van der Waals surface area contributed by atoms with Crippen molar-refractivity contribution in [1.29, 1.82) is 0 Å². The van der Waals surface area contributed by atoms with Gasteiger partial charge in [0.2, 0.25) is 0 Å². The smallest absolute Gasteiger partial charge is 0.303 e. The van der Waals surface area contributed by atoms with Gasteiger partial charge in [0.15, 0.2) is 8.32 Å². The van der Waals surface area contributed by atoms with Crippen molar-refractivity contribution in [3.63, 3.8) is 0 Å². The number of carbonyl (C=O) groups is 1. The normalized spacial score (nSPS) is 25.9. The minimum absolute atomic E-state index is 0.275. The number of carboxylic acid groups (broad SMARTS) is 1. The fourth-order valence-corrected chi connectivity index (χ4v) is 6.75. The molecule has 1 aliphatic rings. The van der Waals surface area contributed by atoms with E-state index in [0.717, 1.165) is 43.8 Å². The van der Waals surface area contributed by atoms with Gasteiger partial charge in [-0.05, 0) is 55.7 Å². The van der Waals surface area contributed by atoms with Gasteiger partial charge in [-0.1, -0.05) is 39.8 Å². The topological polar surface area (TPSA) is 46.5 Å². The molecule has 4 heteroatoms. The van der Waals surface area contributed by atoms with E-state index in [4.69, 9.17) is 4.43 Å². The van der Waals surface area contributed by atoms with Gasteiger partial charge < -0.3 is 9.53 Å². The molecule has 3 atom stereocenters. The Labute approximate surface area is 137 Å². The average Bonchev–Trinajstić information content (AvgIpc) is 2.86. The van der Waals surface area contributed by atoms with E-state index in [1.54, 1.807) is 0 Å². The minimum atomic E-state index is -1.61. The van der Waals surface area contributed by atoms with E-state index in [9.17, 15) is 9.90 Å². The first kappa shape index (κ1) is 19.4. The highest BCUT2D eigenvalue weighted by atomic mass is 28.4. The van der Waals surface area contributed by atoms with Crippen LogP contribution in [0.15, 0.2) is 12.2 Å². The summed E-state index contributed by atoms with van der Waals surface area (Å²) < 4.78 is 6.71. The van der Waals surface area contributed by atoms with Crippen LogP contribution in [0.1, 0.15) is 59.8 Å². The third kappa shape index (κ3) is 5.23. The first-order valence-electron chi connectivity index (χ1n) is 9.06. The number of rotatable bonds is 10. The molecule has 1 aliphatic carbocycles. The van der Waals surface area contributed by atoms with Crippen LogP contribution in [0.2, 0.25) is 18.1 Å². The summed E-state index contributed by atoms with van der Waals surface area (Å²) in [5, 5.41) is 9.17. The molecule has 1 N–H and O–H groups in total. The molecule has 0 aromatic heterocycles. The Morgan fingerprint density at radius 1 is 1.14 bits per heavy atom. The summed E-state index contributed by atoms with van der Waals surface area (Å²) in [5.74, 6) is -0.00296. The van der Waals surface area contributed by atoms with E-state index >= 15 is 0 Å². The van der Waals surface area contributed by atoms with Gasteiger partial charge in [-0.25, -0.2) is 0 Å². The van der Waals surface area contributed by atoms with Crippen molar-refractivity contribution in [1.82, 2.24) is 0 Å². The molecule has 1 saturated carbocycles. The number of aliphatic carboxylic acids is 1. The molecule has 0 spiro atoms. The second kappa shape index (κ2) is 9.51. The lowest BCUT2D eigenvalue weighted by atomic mass is 9.89. The molecule has 0 aliphatic heterocycles. The van der Waals surface area contributed by atoms with Crippen LogP contribution in [-0.2, 0) is 9.22 Å². The molecule has 128 valence electrons. The van der Waals surface area contributed by atoms with E-state index < -0.39 is 14.3 Å². The van der Waals surface area contributed by atoms with Gasteiger partial charge in [0, 0.05) is 12.5 Å². The van der Waals surface area contributed by atoms with Crippen LogP contribution in [0.3, 0.4) is 0 Å². The van der Waals surface area contributed by atoms with Crippen LogP contribution >= 0.6 is 0 Å². The van der Waals surface area contributed by atoms with Crippen molar-refractivity contribution in [2.24, 2.45) is 11.8 Å². The molecule has 0 bridgehead atoms. The highest BCUT2D eigenvalue weighted by Crippen LogP contribution is 2.41. The van der Waals surface area contributed by atoms with Crippen LogP contribution < -0.4 is 0 Å². The summed E-state index contributed by atoms with van der Waals surface area (Å²) in [6.07, 6.45) is 9.05. The van der Waals surface area contributed by atoms with Crippen LogP contribution in [-0.4, -0.2) is 25.5 Å². The largest absolute Gasteiger partial charge is 0.481 e. The molecule has 22 heavy (non-hydrogen) atoms. The maximum atomic E-state index is 11.1. The second-order valence-electron chi connectivity index (χ2n) is 6.61. The van der Waals surface area contributed by atoms with E-state index in [2.05, 4.69) is 39.8 Å². The fourth-order valence-electron chi connectivity index (χ4n) is 3.82. The van der Waals surface area contributed by atoms with Crippen molar-refractivity contribution in [2.45, 2.75) is 84.0 Å². The van der Waals surface area contributed by atoms with Gasteiger partial charge in [0.25, 0.3) is 0 Å². The van der Waals surface area contributed by atoms with Gasteiger partial charge in [-0.3, -0.25) is 4.79 Å². The van der Waals surface area contributed by atoms with Gasteiger partial charge >= 0.3 is 5.97 Å². The van der Waals surface area contributed by atoms with E-state index in [1.807, 2.05) is 0 Å². The van der Waals surface area contributed by atoms with E-state index in [1.165, 1.54) is 0 Å². The third-order valence-corrected chi connectivity index (χ3v) is 10.2. The summed E-state index contributed by atoms with van der Waals surface area (Å²) in [5.41, 5.74) is 0. The van der Waals surface area contributed by atoms with Crippen molar-refractivity contribution in [3.8, 4) is 0 Å². The van der Waals surface area contributed by atoms with Crippen molar-refractivity contribution < 1.29 is 14.3 Å². The maximum Gasteiger partial charge on any atom is 0.303 e. The minimum Gasteiger partial charge on any atom is -0.481 e. The Kier molecular flexibility index (Phi) is 8.40. The number of hydrogen-bond donors (Lipinski definition) is 1. The van der Waals surface area contributed by atoms with Crippen LogP contribution in [0.25, 0.3) is 0 Å². The number of allylic oxidation sites excluding steroid dienone is 2. The molecule has 0 amide bonds. The molecule has 1 fully saturated rings. The summed E-state index contributed by atoms with van der Waals surface area (Å²) >= 11 is 0. The van der Waals surface area contributed by atoms with Crippen molar-refractivity contribution in [3.05, 3.63) is 12.2 Å². The molecule has 0 saturated heterocycles. The molecule has 0 aromatic carbocycles. The molecule has 0 radical (unpaired) electrons. The fraction of sp³-hybridized carbons (Fsp3) is 0.833. The first-order chi connectivity index (χ1) is 10.5. The van der Waals surface area contributed by atoms with Crippen LogP contribution in [0.4, 0.5) is 0 Å². The van der Waals surface area contributed by atoms with Crippen LogP contribution in [0, 0.1) is 11.8 Å². The lowest BCUT2D eigenvalue weighted by molar-refractivity contribution is -0.138. The van der Waals surface area contributed by atoms with Crippen molar-refractivity contribution in [2.75, 3.05) is 0 Å². The zero-order chi connectivity index (χ0) is 16.6. The quantitative estimate of drug-likeness (QED) is 0.441. The molecular weight excluding hydrogens is 292 g/mol. The number of hydrogen-bond acceptors (Lipinski definition) is 2. The Morgan fingerprint density at radius 3 is 2.27 bits per heavy atom. The lowest BCUT2D eigenvalue weighted by Gasteiger charge is -2.35. The predicted molar refractivity (Wildman–Crippen MR) is 94.6 cm³/mol. The van der Waals surface area contributed by atoms with E-state index in [-0.39, 0.29) is 12.0 Å². The van der Waals surface area contributed by atoms with Gasteiger partial charge in [-0.2, -0.15) is 0 Å². The summed E-state index contributed by atoms with van der Waals surface area (Å²) in [6.45, 7) is 8.91. The zero-order valence-corrected chi connectivity index (χ0v) is 15.8. The third-order valence-electron chi connectivity index (χ3n) is 5.49. The Balaban J connectivity index is 2.81. The zero-order valence-electron chi connectivity index (χ0n) is 14.8. The first-order valence-corrected chi connectivity index (χ1v) is 11.6. The summed E-state index contributed by atoms with van der Waals surface area (Å²) in [6, 6.07) is 3.49. The Morgan fingerprint density at radius 2 is 1.77 bits per heavy atom. The van der Waals surface area contributed by atoms with Crippen molar-refractivity contribution >= 4 is 14.3 Å². The van der Waals surface area contributed by atoms with Gasteiger partial charge in [0.05, 0.1) is 0 Å². The standard InChI is InChI=1S/C18H34O3Si/c1-5-9-10-11-16-15(14-18(19)20)12-13-17(16)21-22(6-2,7-3)8-4/h9-10,15-17H,5-8,11-14H2,1-4H3,(H,19,20)/b10-9-/t15-,16+,17-/m1/s1. The monoisotopic (exact) mass is 326 g/mol. The maximum absolute atomic E-state index is 11.1.